The Balaban J connectivity index is 0.00000261. The number of guanidine groups is 1. The number of rotatable bonds is 4. The van der Waals surface area contributed by atoms with Crippen molar-refractivity contribution in [2.75, 3.05) is 13.1 Å². The molecule has 3 N–H and O–H groups in total. The maximum absolute atomic E-state index is 12.7. The van der Waals surface area contributed by atoms with Crippen LogP contribution in [-0.2, 0) is 9.84 Å². The largest absolute Gasteiger partial charge is 0.368 e. The number of carbonyl (C=O) groups excluding carboxylic acids is 1. The van der Waals surface area contributed by atoms with E-state index in [0.29, 0.717) is 23.4 Å². The Kier molecular flexibility index (Phi) is 6.81. The molecule has 1 aliphatic heterocycles. The summed E-state index contributed by atoms with van der Waals surface area (Å²) in [6, 6.07) is 17.0. The lowest BCUT2D eigenvalue weighted by atomic mass is 10.2. The van der Waals surface area contributed by atoms with Crippen LogP contribution in [0.3, 0.4) is 0 Å². The van der Waals surface area contributed by atoms with Gasteiger partial charge < -0.3 is 5.73 Å². The number of hydrogen-bond acceptors (Lipinski definition) is 5. The minimum absolute atomic E-state index is 0. The quantitative estimate of drug-likeness (QED) is 0.590. The van der Waals surface area contributed by atoms with Crippen LogP contribution in [0.4, 0.5) is 0 Å². The molecular weight excluding hydrogens is 388 g/mol. The zero-order valence-corrected chi connectivity index (χ0v) is 16.1. The van der Waals surface area contributed by atoms with Crippen molar-refractivity contribution in [2.45, 2.75) is 16.6 Å². The third-order valence-corrected chi connectivity index (χ3v) is 6.35. The van der Waals surface area contributed by atoms with E-state index in [-0.39, 0.29) is 30.8 Å². The summed E-state index contributed by atoms with van der Waals surface area (Å²) in [5, 5.41) is 7.66. The number of nitrogens with zero attached hydrogens (tertiary/aromatic N) is 2. The molecule has 1 heterocycles. The normalized spacial score (nSPS) is 17.3. The van der Waals surface area contributed by atoms with Gasteiger partial charge in [0.05, 0.1) is 16.7 Å². The van der Waals surface area contributed by atoms with Gasteiger partial charge >= 0.3 is 0 Å². The van der Waals surface area contributed by atoms with E-state index in [4.69, 9.17) is 5.73 Å². The second kappa shape index (κ2) is 8.88. The number of halogens is 1. The molecule has 1 atom stereocenters. The Morgan fingerprint density at radius 2 is 1.67 bits per heavy atom. The van der Waals surface area contributed by atoms with Gasteiger partial charge in [-0.15, -0.1) is 17.5 Å². The lowest BCUT2D eigenvalue weighted by molar-refractivity contribution is 0.0976. The smallest absolute Gasteiger partial charge is 0.257 e. The Bertz CT molecular complexity index is 905. The first kappa shape index (κ1) is 20.7. The van der Waals surface area contributed by atoms with Crippen molar-refractivity contribution in [1.82, 2.24) is 10.3 Å². The predicted octanol–water partition coefficient (Wildman–Crippen LogP) is 1.62. The van der Waals surface area contributed by atoms with Crippen LogP contribution in [0.25, 0.3) is 0 Å². The number of sulfone groups is 1. The van der Waals surface area contributed by atoms with Gasteiger partial charge in [0.1, 0.15) is 0 Å². The van der Waals surface area contributed by atoms with E-state index >= 15 is 0 Å². The Hall–Kier alpha value is -2.58. The molecule has 0 aromatic heterocycles. The summed E-state index contributed by atoms with van der Waals surface area (Å²) >= 11 is 0. The van der Waals surface area contributed by atoms with Crippen LogP contribution in [0.5, 0.6) is 0 Å². The van der Waals surface area contributed by atoms with Gasteiger partial charge in [-0.2, -0.15) is 0 Å². The first-order valence-electron chi connectivity index (χ1n) is 8.21. The van der Waals surface area contributed by atoms with E-state index in [2.05, 4.69) is 10.4 Å². The van der Waals surface area contributed by atoms with Crippen molar-refractivity contribution < 1.29 is 13.2 Å². The molecule has 0 aliphatic carbocycles. The molecule has 1 fully saturated rings. The molecule has 1 aliphatic rings. The number of carbonyl (C=O) groups is 1. The molecule has 1 saturated heterocycles. The molecule has 0 bridgehead atoms. The van der Waals surface area contributed by atoms with Crippen molar-refractivity contribution in [3.63, 3.8) is 0 Å². The van der Waals surface area contributed by atoms with Gasteiger partial charge in [0, 0.05) is 12.1 Å². The minimum Gasteiger partial charge on any atom is -0.368 e. The fourth-order valence-electron chi connectivity index (χ4n) is 2.81. The van der Waals surface area contributed by atoms with Crippen molar-refractivity contribution in [3.05, 3.63) is 66.2 Å². The molecule has 2 aromatic rings. The summed E-state index contributed by atoms with van der Waals surface area (Å²) in [5.74, 6) is -0.420. The second-order valence-electron chi connectivity index (χ2n) is 5.99. The predicted molar refractivity (Wildman–Crippen MR) is 106 cm³/mol. The molecule has 3 rings (SSSR count). The van der Waals surface area contributed by atoms with E-state index < -0.39 is 15.1 Å². The molecule has 7 nitrogen and oxygen atoms in total. The SMILES string of the molecule is Cl.NC(=NN1CCC(S(=O)(=O)c2ccccc2)C1)NC(=O)c1ccccc1. The first-order valence-corrected chi connectivity index (χ1v) is 9.76. The van der Waals surface area contributed by atoms with Gasteiger partial charge in [0.15, 0.2) is 9.84 Å². The van der Waals surface area contributed by atoms with E-state index in [9.17, 15) is 13.2 Å². The van der Waals surface area contributed by atoms with Crippen molar-refractivity contribution in [3.8, 4) is 0 Å². The zero-order chi connectivity index (χ0) is 18.6. The van der Waals surface area contributed by atoms with Gasteiger partial charge in [0.2, 0.25) is 5.96 Å². The highest BCUT2D eigenvalue weighted by atomic mass is 35.5. The molecule has 27 heavy (non-hydrogen) atoms. The molecular formula is C18H21ClN4O3S. The molecule has 0 radical (unpaired) electrons. The van der Waals surface area contributed by atoms with Crippen molar-refractivity contribution >= 4 is 34.1 Å². The number of nitrogens with two attached hydrogens (primary N) is 1. The highest BCUT2D eigenvalue weighted by molar-refractivity contribution is 7.92. The zero-order valence-electron chi connectivity index (χ0n) is 14.5. The summed E-state index contributed by atoms with van der Waals surface area (Å²) < 4.78 is 25.3. The molecule has 2 aromatic carbocycles. The third-order valence-electron chi connectivity index (χ3n) is 4.16. The molecule has 0 saturated carbocycles. The monoisotopic (exact) mass is 408 g/mol. The molecule has 144 valence electrons. The average molecular weight is 409 g/mol. The number of hydrogen-bond donors (Lipinski definition) is 2. The average Bonchev–Trinajstić information content (AvgIpc) is 3.12. The van der Waals surface area contributed by atoms with Crippen LogP contribution in [0, 0.1) is 0 Å². The Labute approximate surface area is 164 Å². The maximum atomic E-state index is 12.7. The number of hydrazone groups is 1. The number of nitrogens with one attached hydrogen (secondary N) is 1. The minimum atomic E-state index is -3.41. The van der Waals surface area contributed by atoms with Crippen molar-refractivity contribution in [1.29, 1.82) is 0 Å². The summed E-state index contributed by atoms with van der Waals surface area (Å²) in [7, 11) is -3.41. The number of benzene rings is 2. The van der Waals surface area contributed by atoms with Gasteiger partial charge in [-0.25, -0.2) is 8.42 Å². The lowest BCUT2D eigenvalue weighted by Gasteiger charge is -2.14. The lowest BCUT2D eigenvalue weighted by Crippen LogP contribution is -2.39. The van der Waals surface area contributed by atoms with Gasteiger partial charge in [0.25, 0.3) is 5.91 Å². The van der Waals surface area contributed by atoms with Crippen LogP contribution >= 0.6 is 12.4 Å². The molecule has 1 amide bonds. The van der Waals surface area contributed by atoms with Crippen LogP contribution in [0.2, 0.25) is 0 Å². The van der Waals surface area contributed by atoms with Gasteiger partial charge in [-0.1, -0.05) is 36.4 Å². The van der Waals surface area contributed by atoms with Gasteiger partial charge in [-0.3, -0.25) is 15.1 Å². The highest BCUT2D eigenvalue weighted by Crippen LogP contribution is 2.23. The van der Waals surface area contributed by atoms with Crippen LogP contribution < -0.4 is 11.1 Å². The van der Waals surface area contributed by atoms with Gasteiger partial charge in [-0.05, 0) is 30.7 Å². The fourth-order valence-corrected chi connectivity index (χ4v) is 4.52. The molecule has 9 heteroatoms. The van der Waals surface area contributed by atoms with Crippen LogP contribution in [0.15, 0.2) is 70.7 Å². The fraction of sp³-hybridized carbons (Fsp3) is 0.222. The van der Waals surface area contributed by atoms with E-state index in [1.165, 1.54) is 0 Å². The van der Waals surface area contributed by atoms with Crippen molar-refractivity contribution in [2.24, 2.45) is 10.8 Å². The molecule has 0 spiro atoms. The highest BCUT2D eigenvalue weighted by Gasteiger charge is 2.34. The summed E-state index contributed by atoms with van der Waals surface area (Å²) in [5.41, 5.74) is 6.25. The molecule has 1 unspecified atom stereocenters. The Morgan fingerprint density at radius 1 is 1.07 bits per heavy atom. The van der Waals surface area contributed by atoms with E-state index in [1.54, 1.807) is 59.6 Å². The summed E-state index contributed by atoms with van der Waals surface area (Å²) in [4.78, 5) is 12.4. The second-order valence-corrected chi connectivity index (χ2v) is 8.21. The standard InChI is InChI=1S/C18H20N4O3S.ClH/c19-18(20-17(23)14-7-3-1-4-8-14)21-22-12-11-16(13-22)26(24,25)15-9-5-2-6-10-15;/h1-10,16H,11-13H2,(H3,19,20,21,23);1H. The van der Waals surface area contributed by atoms with Crippen LogP contribution in [-0.4, -0.2) is 43.6 Å². The van der Waals surface area contributed by atoms with E-state index in [0.717, 1.165) is 0 Å². The number of amides is 1. The van der Waals surface area contributed by atoms with Crippen LogP contribution in [0.1, 0.15) is 16.8 Å². The topological polar surface area (TPSA) is 105 Å². The maximum Gasteiger partial charge on any atom is 0.257 e. The Morgan fingerprint density at radius 3 is 2.30 bits per heavy atom. The van der Waals surface area contributed by atoms with E-state index in [1.807, 2.05) is 6.07 Å². The first-order chi connectivity index (χ1) is 12.5. The third kappa shape index (κ3) is 4.99. The summed E-state index contributed by atoms with van der Waals surface area (Å²) in [6.45, 7) is 0.692. The summed E-state index contributed by atoms with van der Waals surface area (Å²) in [6.07, 6.45) is 0.459.